The molecule has 1 atom stereocenters. The number of carbonyl (C=O) groups excluding carboxylic acids is 1. The van der Waals surface area contributed by atoms with E-state index in [1.165, 1.54) is 20.2 Å². The average molecular weight is 372 g/mol. The molecular formula is C12H13BrF3NO4. The van der Waals surface area contributed by atoms with Crippen molar-refractivity contribution in [3.8, 4) is 5.75 Å². The van der Waals surface area contributed by atoms with Gasteiger partial charge in [0.2, 0.25) is 5.91 Å². The first-order valence-corrected chi connectivity index (χ1v) is 6.47. The molecular weight excluding hydrogens is 359 g/mol. The van der Waals surface area contributed by atoms with E-state index < -0.39 is 24.1 Å². The summed E-state index contributed by atoms with van der Waals surface area (Å²) in [6, 6.07) is 3.37. The van der Waals surface area contributed by atoms with Crippen molar-refractivity contribution in [3.05, 3.63) is 28.2 Å². The fourth-order valence-corrected chi connectivity index (χ4v) is 2.10. The van der Waals surface area contributed by atoms with Crippen molar-refractivity contribution in [2.24, 2.45) is 0 Å². The molecule has 1 amide bonds. The van der Waals surface area contributed by atoms with Gasteiger partial charge in [-0.15, -0.1) is 13.2 Å². The first kappa shape index (κ1) is 17.7. The van der Waals surface area contributed by atoms with E-state index in [1.807, 2.05) is 0 Å². The van der Waals surface area contributed by atoms with Gasteiger partial charge in [-0.25, -0.2) is 5.06 Å². The molecule has 1 unspecified atom stereocenters. The number of nitrogens with zero attached hydrogens (tertiary/aromatic N) is 1. The normalized spacial score (nSPS) is 12.9. The summed E-state index contributed by atoms with van der Waals surface area (Å²) in [6.07, 6.45) is -6.26. The molecule has 0 saturated carbocycles. The summed E-state index contributed by atoms with van der Waals surface area (Å²) >= 11 is 3.04. The molecule has 1 aromatic rings. The zero-order valence-electron chi connectivity index (χ0n) is 11.1. The lowest BCUT2D eigenvalue weighted by Crippen LogP contribution is -2.26. The summed E-state index contributed by atoms with van der Waals surface area (Å²) in [5.74, 6) is -0.904. The first-order chi connectivity index (χ1) is 9.64. The Morgan fingerprint density at radius 1 is 1.48 bits per heavy atom. The van der Waals surface area contributed by atoms with Crippen LogP contribution in [0, 0.1) is 0 Å². The highest BCUT2D eigenvalue weighted by Gasteiger charge is 2.31. The highest BCUT2D eigenvalue weighted by atomic mass is 79.9. The second-order valence-corrected chi connectivity index (χ2v) is 4.88. The van der Waals surface area contributed by atoms with Gasteiger partial charge in [-0.05, 0) is 17.7 Å². The van der Waals surface area contributed by atoms with Crippen LogP contribution in [0.3, 0.4) is 0 Å². The maximum atomic E-state index is 12.1. The van der Waals surface area contributed by atoms with Gasteiger partial charge in [0.05, 0.1) is 19.6 Å². The summed E-state index contributed by atoms with van der Waals surface area (Å²) in [4.78, 5) is 16.2. The molecule has 9 heteroatoms. The Morgan fingerprint density at radius 2 is 2.10 bits per heavy atom. The number of ether oxygens (including phenoxy) is 1. The summed E-state index contributed by atoms with van der Waals surface area (Å²) < 4.78 is 40.2. The Hall–Kier alpha value is -1.32. The molecule has 1 rings (SSSR count). The maximum Gasteiger partial charge on any atom is 0.573 e. The number of hydrogen-bond donors (Lipinski definition) is 1. The van der Waals surface area contributed by atoms with Crippen molar-refractivity contribution < 1.29 is 32.6 Å². The standard InChI is InChI=1S/C12H13BrF3NO4/c1-17(20-2)11(19)6-10(18)8-4-3-7(5-9(8)13)21-12(14,15)16/h3-5,10,18H,6H2,1-2H3. The van der Waals surface area contributed by atoms with Gasteiger partial charge < -0.3 is 9.84 Å². The van der Waals surface area contributed by atoms with Crippen molar-refractivity contribution in [2.45, 2.75) is 18.9 Å². The van der Waals surface area contributed by atoms with Crippen LogP contribution in [0.4, 0.5) is 13.2 Å². The zero-order valence-corrected chi connectivity index (χ0v) is 12.7. The van der Waals surface area contributed by atoms with Crippen LogP contribution in [0.2, 0.25) is 0 Å². The SMILES string of the molecule is CON(C)C(=O)CC(O)c1ccc(OC(F)(F)F)cc1Br. The van der Waals surface area contributed by atoms with Gasteiger partial charge in [0.1, 0.15) is 5.75 Å². The Labute approximate surface area is 127 Å². The van der Waals surface area contributed by atoms with Gasteiger partial charge in [-0.3, -0.25) is 9.63 Å². The molecule has 1 aromatic carbocycles. The molecule has 0 aliphatic rings. The summed E-state index contributed by atoms with van der Waals surface area (Å²) in [7, 11) is 2.67. The number of hydroxylamine groups is 2. The summed E-state index contributed by atoms with van der Waals surface area (Å²) in [5, 5.41) is 10.9. The maximum absolute atomic E-state index is 12.1. The van der Waals surface area contributed by atoms with Crippen LogP contribution in [0.5, 0.6) is 5.75 Å². The molecule has 5 nitrogen and oxygen atoms in total. The minimum Gasteiger partial charge on any atom is -0.406 e. The van der Waals surface area contributed by atoms with Crippen LogP contribution in [0.25, 0.3) is 0 Å². The largest absolute Gasteiger partial charge is 0.573 e. The number of hydrogen-bond acceptors (Lipinski definition) is 4. The number of halogens is 4. The third-order valence-electron chi connectivity index (χ3n) is 2.56. The fourth-order valence-electron chi connectivity index (χ4n) is 1.48. The molecule has 0 aromatic heterocycles. The van der Waals surface area contributed by atoms with E-state index in [9.17, 15) is 23.1 Å². The molecule has 0 fully saturated rings. The number of alkyl halides is 3. The minimum absolute atomic E-state index is 0.199. The number of aliphatic hydroxyl groups is 1. The molecule has 21 heavy (non-hydrogen) atoms. The van der Waals surface area contributed by atoms with Crippen LogP contribution >= 0.6 is 15.9 Å². The quantitative estimate of drug-likeness (QED) is 0.808. The van der Waals surface area contributed by atoms with Crippen molar-refractivity contribution in [1.82, 2.24) is 5.06 Å². The lowest BCUT2D eigenvalue weighted by atomic mass is 10.1. The summed E-state index contributed by atoms with van der Waals surface area (Å²) in [6.45, 7) is 0. The number of aliphatic hydroxyl groups excluding tert-OH is 1. The second-order valence-electron chi connectivity index (χ2n) is 4.02. The predicted octanol–water partition coefficient (Wildman–Crippen LogP) is 2.79. The van der Waals surface area contributed by atoms with E-state index in [4.69, 9.17) is 0 Å². The number of benzene rings is 1. The van der Waals surface area contributed by atoms with Crippen LogP contribution in [-0.2, 0) is 9.63 Å². The molecule has 0 heterocycles. The van der Waals surface area contributed by atoms with Crippen molar-refractivity contribution >= 4 is 21.8 Å². The predicted molar refractivity (Wildman–Crippen MR) is 70.2 cm³/mol. The Balaban J connectivity index is 2.82. The van der Waals surface area contributed by atoms with Gasteiger partial charge in [0.15, 0.2) is 0 Å². The lowest BCUT2D eigenvalue weighted by Gasteiger charge is -2.18. The third-order valence-corrected chi connectivity index (χ3v) is 3.24. The van der Waals surface area contributed by atoms with E-state index in [0.717, 1.165) is 17.2 Å². The molecule has 0 spiro atoms. The van der Waals surface area contributed by atoms with E-state index in [2.05, 4.69) is 25.5 Å². The van der Waals surface area contributed by atoms with Crippen LogP contribution in [-0.4, -0.2) is 36.6 Å². The van der Waals surface area contributed by atoms with Crippen LogP contribution < -0.4 is 4.74 Å². The molecule has 0 saturated heterocycles. The van der Waals surface area contributed by atoms with Gasteiger partial charge in [-0.1, -0.05) is 22.0 Å². The Bertz CT molecular complexity index is 510. The van der Waals surface area contributed by atoms with Crippen LogP contribution in [0.15, 0.2) is 22.7 Å². The van der Waals surface area contributed by atoms with E-state index in [-0.39, 0.29) is 16.5 Å². The van der Waals surface area contributed by atoms with E-state index in [1.54, 1.807) is 0 Å². The lowest BCUT2D eigenvalue weighted by molar-refractivity contribution is -0.274. The van der Waals surface area contributed by atoms with Crippen molar-refractivity contribution in [3.63, 3.8) is 0 Å². The van der Waals surface area contributed by atoms with Gasteiger partial charge in [0.25, 0.3) is 0 Å². The summed E-state index contributed by atoms with van der Waals surface area (Å²) in [5.41, 5.74) is 0.266. The highest BCUT2D eigenvalue weighted by molar-refractivity contribution is 9.10. The Kier molecular flexibility index (Phi) is 5.99. The molecule has 0 aliphatic carbocycles. The van der Waals surface area contributed by atoms with Crippen LogP contribution in [0.1, 0.15) is 18.1 Å². The molecule has 1 N–H and O–H groups in total. The first-order valence-electron chi connectivity index (χ1n) is 5.68. The number of carbonyl (C=O) groups is 1. The second kappa shape index (κ2) is 7.10. The zero-order chi connectivity index (χ0) is 16.2. The van der Waals surface area contributed by atoms with Crippen molar-refractivity contribution in [2.75, 3.05) is 14.2 Å². The highest BCUT2D eigenvalue weighted by Crippen LogP contribution is 2.32. The molecule has 118 valence electrons. The molecule has 0 bridgehead atoms. The van der Waals surface area contributed by atoms with E-state index >= 15 is 0 Å². The third kappa shape index (κ3) is 5.52. The number of amides is 1. The minimum atomic E-state index is -4.79. The fraction of sp³-hybridized carbons (Fsp3) is 0.417. The van der Waals surface area contributed by atoms with Gasteiger partial charge >= 0.3 is 6.36 Å². The topological polar surface area (TPSA) is 59.0 Å². The van der Waals surface area contributed by atoms with Gasteiger partial charge in [0, 0.05) is 11.5 Å². The number of rotatable bonds is 5. The monoisotopic (exact) mass is 371 g/mol. The average Bonchev–Trinajstić information content (AvgIpc) is 2.35. The Morgan fingerprint density at radius 3 is 2.57 bits per heavy atom. The van der Waals surface area contributed by atoms with E-state index in [0.29, 0.717) is 0 Å². The molecule has 0 radical (unpaired) electrons. The molecule has 0 aliphatic heterocycles. The smallest absolute Gasteiger partial charge is 0.406 e. The van der Waals surface area contributed by atoms with Gasteiger partial charge in [-0.2, -0.15) is 0 Å². The van der Waals surface area contributed by atoms with Crippen molar-refractivity contribution in [1.29, 1.82) is 0 Å².